The van der Waals surface area contributed by atoms with E-state index in [2.05, 4.69) is 0 Å². The number of fused-ring (bicyclic) bond motifs is 2. The Morgan fingerprint density at radius 2 is 1.42 bits per heavy atom. The zero-order valence-electron chi connectivity index (χ0n) is 15.0. The molecule has 24 heavy (non-hydrogen) atoms. The van der Waals surface area contributed by atoms with Crippen molar-refractivity contribution in [1.29, 1.82) is 0 Å². The van der Waals surface area contributed by atoms with Gasteiger partial charge < -0.3 is 5.11 Å². The Morgan fingerprint density at radius 3 is 2.04 bits per heavy atom. The van der Waals surface area contributed by atoms with E-state index in [1.165, 1.54) is 0 Å². The maximum atomic E-state index is 12.5. The van der Waals surface area contributed by atoms with Gasteiger partial charge in [-0.05, 0) is 28.7 Å². The topological polar surface area (TPSA) is 37.3 Å². The molecule has 0 aliphatic heterocycles. The number of allylic oxidation sites excluding steroid dienone is 1. The first-order valence-corrected chi connectivity index (χ1v) is 8.86. The molecule has 2 aromatic carbocycles. The van der Waals surface area contributed by atoms with E-state index in [0.29, 0.717) is 12.8 Å². The first-order chi connectivity index (χ1) is 11.8. The van der Waals surface area contributed by atoms with Crippen LogP contribution < -0.4 is 0 Å². The maximum Gasteiger partial charge on any atom is 0.189 e. The van der Waals surface area contributed by atoms with E-state index in [4.69, 9.17) is 0 Å². The lowest BCUT2D eigenvalue weighted by Gasteiger charge is -2.08. The van der Waals surface area contributed by atoms with Crippen LogP contribution in [0.3, 0.4) is 0 Å². The number of rotatable bonds is 0. The highest BCUT2D eigenvalue weighted by Crippen LogP contribution is 2.40. The summed E-state index contributed by atoms with van der Waals surface area (Å²) < 4.78 is 0. The van der Waals surface area contributed by atoms with Crippen molar-refractivity contribution in [2.45, 2.75) is 46.6 Å². The fraction of sp³-hybridized carbons (Fsp3) is 0.318. The van der Waals surface area contributed by atoms with Gasteiger partial charge in [0.1, 0.15) is 6.10 Å². The Morgan fingerprint density at radius 1 is 0.833 bits per heavy atom. The largest absolute Gasteiger partial charge is 0.384 e. The van der Waals surface area contributed by atoms with Crippen LogP contribution >= 0.6 is 0 Å². The minimum absolute atomic E-state index is 0.0856. The lowest BCUT2D eigenvalue weighted by atomic mass is 10.0. The second-order valence-electron chi connectivity index (χ2n) is 5.44. The number of ketones is 1. The summed E-state index contributed by atoms with van der Waals surface area (Å²) in [6.07, 6.45) is 0.710. The molecule has 1 atom stereocenters. The fourth-order valence-corrected chi connectivity index (χ4v) is 3.31. The second-order valence-corrected chi connectivity index (χ2v) is 5.44. The molecule has 2 aromatic rings. The van der Waals surface area contributed by atoms with Crippen LogP contribution in [0, 0.1) is 0 Å². The minimum atomic E-state index is -0.625. The first kappa shape index (κ1) is 18.2. The van der Waals surface area contributed by atoms with Crippen molar-refractivity contribution in [2.75, 3.05) is 0 Å². The third-order valence-electron chi connectivity index (χ3n) is 4.35. The van der Waals surface area contributed by atoms with Crippen molar-refractivity contribution in [3.05, 3.63) is 81.9 Å². The van der Waals surface area contributed by atoms with Gasteiger partial charge in [0, 0.05) is 17.6 Å². The van der Waals surface area contributed by atoms with Gasteiger partial charge in [-0.3, -0.25) is 4.79 Å². The van der Waals surface area contributed by atoms with E-state index in [-0.39, 0.29) is 5.78 Å². The Balaban J connectivity index is 0.000000487. The zero-order valence-corrected chi connectivity index (χ0v) is 15.0. The van der Waals surface area contributed by atoms with Crippen LogP contribution in [0.5, 0.6) is 0 Å². The highest BCUT2D eigenvalue weighted by molar-refractivity contribution is 6.13. The third-order valence-corrected chi connectivity index (χ3v) is 4.35. The smallest absolute Gasteiger partial charge is 0.189 e. The highest BCUT2D eigenvalue weighted by Gasteiger charge is 2.33. The molecule has 0 aromatic heterocycles. The van der Waals surface area contributed by atoms with Gasteiger partial charge in [0.25, 0.3) is 0 Å². The van der Waals surface area contributed by atoms with Crippen LogP contribution in [0.4, 0.5) is 0 Å². The van der Waals surface area contributed by atoms with Crippen molar-refractivity contribution in [3.8, 4) is 0 Å². The van der Waals surface area contributed by atoms with Gasteiger partial charge in [-0.1, -0.05) is 76.2 Å². The summed E-state index contributed by atoms with van der Waals surface area (Å²) in [6.45, 7) is 8.00. The normalized spacial score (nSPS) is 20.4. The van der Waals surface area contributed by atoms with E-state index < -0.39 is 6.10 Å². The molecule has 0 bridgehead atoms. The Kier molecular flexibility index (Phi) is 6.10. The Hall–Kier alpha value is -2.19. The van der Waals surface area contributed by atoms with Crippen molar-refractivity contribution in [1.82, 2.24) is 0 Å². The molecule has 2 nitrogen and oxygen atoms in total. The molecular formula is C22H26O2. The molecule has 0 fully saturated rings. The molecule has 1 unspecified atom stereocenters. The van der Waals surface area contributed by atoms with Gasteiger partial charge in [0.15, 0.2) is 5.78 Å². The summed E-state index contributed by atoms with van der Waals surface area (Å²) in [4.78, 5) is 12.5. The van der Waals surface area contributed by atoms with Gasteiger partial charge >= 0.3 is 0 Å². The molecule has 0 heterocycles. The van der Waals surface area contributed by atoms with Crippen LogP contribution in [0.15, 0.2) is 59.7 Å². The lowest BCUT2D eigenvalue weighted by molar-refractivity contribution is 0.103. The van der Waals surface area contributed by atoms with Crippen LogP contribution in [0.1, 0.15) is 60.8 Å². The van der Waals surface area contributed by atoms with Gasteiger partial charge in [0.2, 0.25) is 0 Å². The second kappa shape index (κ2) is 8.07. The molecule has 2 heteroatoms. The molecule has 0 radical (unpaired) electrons. The van der Waals surface area contributed by atoms with Gasteiger partial charge in [0.05, 0.1) is 0 Å². The number of carbonyl (C=O) groups excluding carboxylic acids is 1. The summed E-state index contributed by atoms with van der Waals surface area (Å²) in [7, 11) is 0. The summed E-state index contributed by atoms with van der Waals surface area (Å²) in [6, 6.07) is 15.6. The van der Waals surface area contributed by atoms with Crippen molar-refractivity contribution in [2.24, 2.45) is 0 Å². The third kappa shape index (κ3) is 3.07. The van der Waals surface area contributed by atoms with Crippen molar-refractivity contribution >= 4 is 5.78 Å². The van der Waals surface area contributed by atoms with Crippen LogP contribution in [-0.4, -0.2) is 10.9 Å². The molecule has 0 saturated heterocycles. The van der Waals surface area contributed by atoms with E-state index in [1.54, 1.807) is 0 Å². The molecule has 1 N–H and O–H groups in total. The highest BCUT2D eigenvalue weighted by atomic mass is 16.3. The number of hydrogen-bond acceptors (Lipinski definition) is 2. The van der Waals surface area contributed by atoms with E-state index in [0.717, 1.165) is 33.4 Å². The van der Waals surface area contributed by atoms with Crippen molar-refractivity contribution in [3.63, 3.8) is 0 Å². The quantitative estimate of drug-likeness (QED) is 0.688. The average molecular weight is 322 g/mol. The molecule has 126 valence electrons. The SMILES string of the molecule is CC.CC.O=C1/C(=C2\Cc3ccccc3C2O)Cc2ccccc21. The monoisotopic (exact) mass is 322 g/mol. The van der Waals surface area contributed by atoms with Gasteiger partial charge in [-0.25, -0.2) is 0 Å². The number of hydrogen-bond donors (Lipinski definition) is 1. The Labute approximate surface area is 144 Å². The fourth-order valence-electron chi connectivity index (χ4n) is 3.31. The number of benzene rings is 2. The van der Waals surface area contributed by atoms with Crippen LogP contribution in [0.2, 0.25) is 0 Å². The van der Waals surface area contributed by atoms with Gasteiger partial charge in [-0.2, -0.15) is 0 Å². The number of carbonyl (C=O) groups is 1. The molecule has 0 amide bonds. The van der Waals surface area contributed by atoms with Gasteiger partial charge in [-0.15, -0.1) is 0 Å². The molecular weight excluding hydrogens is 296 g/mol. The summed E-state index contributed by atoms with van der Waals surface area (Å²) in [5, 5.41) is 10.5. The predicted molar refractivity (Wildman–Crippen MR) is 99.3 cm³/mol. The molecule has 2 aliphatic rings. The van der Waals surface area contributed by atoms with E-state index in [1.807, 2.05) is 76.2 Å². The minimum Gasteiger partial charge on any atom is -0.384 e. The maximum absolute atomic E-state index is 12.5. The first-order valence-electron chi connectivity index (χ1n) is 8.86. The van der Waals surface area contributed by atoms with Crippen molar-refractivity contribution < 1.29 is 9.90 Å². The number of aliphatic hydroxyl groups excluding tert-OH is 1. The Bertz CT molecular complexity index is 756. The standard InChI is InChI=1S/C18H14O2.2C2H6/c19-17-13-7-3-1-5-11(13)9-15(17)16-10-12-6-2-4-8-14(12)18(16)20;2*1-2/h1-8,17,19H,9-10H2;2*1-2H3/b16-15+;;. The number of Topliss-reactive ketones (excluding diaryl/α,β-unsaturated/α-hetero) is 1. The molecule has 0 spiro atoms. The molecule has 2 aliphatic carbocycles. The van der Waals surface area contributed by atoms with Crippen LogP contribution in [0.25, 0.3) is 0 Å². The summed E-state index contributed by atoms with van der Waals surface area (Å²) in [5.41, 5.74) is 5.61. The van der Waals surface area contributed by atoms with E-state index >= 15 is 0 Å². The number of aliphatic hydroxyl groups is 1. The predicted octanol–water partition coefficient (Wildman–Crippen LogP) is 5.06. The molecule has 0 saturated carbocycles. The lowest BCUT2D eigenvalue weighted by Crippen LogP contribution is -2.04. The zero-order chi connectivity index (χ0) is 17.7. The average Bonchev–Trinajstić information content (AvgIpc) is 3.17. The summed E-state index contributed by atoms with van der Waals surface area (Å²) in [5.74, 6) is 0.0856. The summed E-state index contributed by atoms with van der Waals surface area (Å²) >= 11 is 0. The van der Waals surface area contributed by atoms with Crippen LogP contribution in [-0.2, 0) is 12.8 Å². The van der Waals surface area contributed by atoms with E-state index in [9.17, 15) is 9.90 Å². The molecule has 4 rings (SSSR count).